The molecule has 0 spiro atoms. The van der Waals surface area contributed by atoms with Crippen molar-refractivity contribution in [2.75, 3.05) is 13.1 Å². The Hall–Kier alpha value is -1.89. The molecule has 0 unspecified atom stereocenters. The Labute approximate surface area is 180 Å². The standard InChI is InChI=1S/C23H34N2O4S/c1-16(2)21(26)25-13-9-19(10-14-25)24-22(27)23(11-5-6-12-23)30(28,29)20-15-17(3)7-8-18(20)4/h7-8,15-16,19H,5-6,9-14H2,1-4H3,(H,24,27). The van der Waals surface area contributed by atoms with Crippen LogP contribution >= 0.6 is 0 Å². The van der Waals surface area contributed by atoms with E-state index in [1.165, 1.54) is 0 Å². The fraction of sp³-hybridized carbons (Fsp3) is 0.652. The molecule has 166 valence electrons. The summed E-state index contributed by atoms with van der Waals surface area (Å²) in [6.07, 6.45) is 3.50. The Kier molecular flexibility index (Phi) is 6.60. The molecular formula is C23H34N2O4S. The monoisotopic (exact) mass is 434 g/mol. The minimum atomic E-state index is -3.82. The number of amides is 2. The third kappa shape index (κ3) is 4.13. The Morgan fingerprint density at radius 1 is 1.10 bits per heavy atom. The van der Waals surface area contributed by atoms with Gasteiger partial charge in [-0.2, -0.15) is 0 Å². The number of hydrogen-bond acceptors (Lipinski definition) is 4. The number of carbonyl (C=O) groups is 2. The van der Waals surface area contributed by atoms with Gasteiger partial charge < -0.3 is 10.2 Å². The zero-order valence-corrected chi connectivity index (χ0v) is 19.3. The number of rotatable bonds is 5. The minimum absolute atomic E-state index is 0.0411. The van der Waals surface area contributed by atoms with Gasteiger partial charge in [0.2, 0.25) is 11.8 Å². The van der Waals surface area contributed by atoms with Gasteiger partial charge in [0.25, 0.3) is 0 Å². The van der Waals surface area contributed by atoms with Gasteiger partial charge >= 0.3 is 0 Å². The molecule has 0 aromatic heterocycles. The molecule has 1 aromatic carbocycles. The second-order valence-electron chi connectivity index (χ2n) is 9.20. The normalized spacial score (nSPS) is 19.8. The summed E-state index contributed by atoms with van der Waals surface area (Å²) in [6, 6.07) is 5.29. The lowest BCUT2D eigenvalue weighted by Crippen LogP contribution is -2.55. The van der Waals surface area contributed by atoms with Gasteiger partial charge in [-0.3, -0.25) is 9.59 Å². The van der Waals surface area contributed by atoms with Gasteiger partial charge in [-0.15, -0.1) is 0 Å². The van der Waals surface area contributed by atoms with Crippen molar-refractivity contribution >= 4 is 21.7 Å². The van der Waals surface area contributed by atoms with Crippen molar-refractivity contribution in [3.8, 4) is 0 Å². The average Bonchev–Trinajstić information content (AvgIpc) is 3.21. The highest BCUT2D eigenvalue weighted by molar-refractivity contribution is 7.93. The highest BCUT2D eigenvalue weighted by Gasteiger charge is 2.53. The largest absolute Gasteiger partial charge is 0.352 e. The van der Waals surface area contributed by atoms with E-state index in [-0.39, 0.29) is 28.7 Å². The topological polar surface area (TPSA) is 83.6 Å². The highest BCUT2D eigenvalue weighted by Crippen LogP contribution is 2.42. The second kappa shape index (κ2) is 8.69. The number of likely N-dealkylation sites (tertiary alicyclic amines) is 1. The molecule has 2 aliphatic rings. The lowest BCUT2D eigenvalue weighted by Gasteiger charge is -2.36. The molecule has 0 bridgehead atoms. The molecular weight excluding hydrogens is 400 g/mol. The van der Waals surface area contributed by atoms with Crippen LogP contribution in [0.4, 0.5) is 0 Å². The van der Waals surface area contributed by atoms with Crippen LogP contribution in [-0.2, 0) is 19.4 Å². The Morgan fingerprint density at radius 3 is 2.27 bits per heavy atom. The summed E-state index contributed by atoms with van der Waals surface area (Å²) < 4.78 is 26.0. The van der Waals surface area contributed by atoms with E-state index in [1.807, 2.05) is 37.8 Å². The molecule has 6 nitrogen and oxygen atoms in total. The van der Waals surface area contributed by atoms with Crippen LogP contribution in [0, 0.1) is 19.8 Å². The summed E-state index contributed by atoms with van der Waals surface area (Å²) in [5.74, 6) is -0.278. The van der Waals surface area contributed by atoms with E-state index < -0.39 is 14.6 Å². The molecule has 1 aliphatic carbocycles. The number of sulfone groups is 1. The average molecular weight is 435 g/mol. The van der Waals surface area contributed by atoms with E-state index >= 15 is 0 Å². The Balaban J connectivity index is 1.79. The molecule has 0 radical (unpaired) electrons. The summed E-state index contributed by atoms with van der Waals surface area (Å²) in [4.78, 5) is 27.7. The van der Waals surface area contributed by atoms with Crippen molar-refractivity contribution in [2.45, 2.75) is 81.9 Å². The van der Waals surface area contributed by atoms with Crippen LogP contribution in [0.5, 0.6) is 0 Å². The van der Waals surface area contributed by atoms with Gasteiger partial charge in [0.15, 0.2) is 14.6 Å². The first-order valence-corrected chi connectivity index (χ1v) is 12.5. The van der Waals surface area contributed by atoms with E-state index in [0.29, 0.717) is 44.3 Å². The SMILES string of the molecule is Cc1ccc(C)c(S(=O)(=O)C2(C(=O)NC3CCN(C(=O)C(C)C)CC3)CCCC2)c1. The maximum atomic E-state index is 13.7. The van der Waals surface area contributed by atoms with Gasteiger partial charge in [-0.1, -0.05) is 38.8 Å². The zero-order chi connectivity index (χ0) is 22.1. The molecule has 1 N–H and O–H groups in total. The van der Waals surface area contributed by atoms with Crippen LogP contribution in [0.2, 0.25) is 0 Å². The minimum Gasteiger partial charge on any atom is -0.352 e. The Bertz CT molecular complexity index is 909. The lowest BCUT2D eigenvalue weighted by molar-refractivity contribution is -0.135. The summed E-state index contributed by atoms with van der Waals surface area (Å²) in [7, 11) is -3.82. The molecule has 1 aliphatic heterocycles. The van der Waals surface area contributed by atoms with Crippen LogP contribution in [0.3, 0.4) is 0 Å². The highest BCUT2D eigenvalue weighted by atomic mass is 32.2. The number of hydrogen-bond donors (Lipinski definition) is 1. The molecule has 0 atom stereocenters. The van der Waals surface area contributed by atoms with Crippen molar-refractivity contribution in [3.05, 3.63) is 29.3 Å². The first-order chi connectivity index (χ1) is 14.1. The van der Waals surface area contributed by atoms with Gasteiger partial charge in [0.1, 0.15) is 0 Å². The maximum absolute atomic E-state index is 13.7. The molecule has 1 aromatic rings. The third-order valence-electron chi connectivity index (χ3n) is 6.61. The van der Waals surface area contributed by atoms with Gasteiger partial charge in [-0.25, -0.2) is 8.42 Å². The van der Waals surface area contributed by atoms with Gasteiger partial charge in [-0.05, 0) is 56.7 Å². The summed E-state index contributed by atoms with van der Waals surface area (Å²) in [6.45, 7) is 8.62. The van der Waals surface area contributed by atoms with E-state index in [2.05, 4.69) is 5.32 Å². The van der Waals surface area contributed by atoms with E-state index in [1.54, 1.807) is 13.0 Å². The lowest BCUT2D eigenvalue weighted by atomic mass is 10.0. The predicted octanol–water partition coefficient (Wildman–Crippen LogP) is 3.15. The van der Waals surface area contributed by atoms with Crippen molar-refractivity contribution in [1.29, 1.82) is 0 Å². The first-order valence-electron chi connectivity index (χ1n) is 11.0. The predicted molar refractivity (Wildman–Crippen MR) is 117 cm³/mol. The van der Waals surface area contributed by atoms with E-state index in [9.17, 15) is 18.0 Å². The van der Waals surface area contributed by atoms with Crippen LogP contribution in [0.25, 0.3) is 0 Å². The molecule has 2 amide bonds. The van der Waals surface area contributed by atoms with Gasteiger partial charge in [0, 0.05) is 25.0 Å². The molecule has 1 saturated heterocycles. The Morgan fingerprint density at radius 2 is 1.70 bits per heavy atom. The van der Waals surface area contributed by atoms with Crippen molar-refractivity contribution < 1.29 is 18.0 Å². The summed E-state index contributed by atoms with van der Waals surface area (Å²) in [5.41, 5.74) is 1.55. The molecule has 2 fully saturated rings. The molecule has 1 saturated carbocycles. The first kappa shape index (κ1) is 22.8. The quantitative estimate of drug-likeness (QED) is 0.772. The van der Waals surface area contributed by atoms with E-state index in [0.717, 1.165) is 18.4 Å². The number of piperidine rings is 1. The summed E-state index contributed by atoms with van der Waals surface area (Å²) in [5, 5.41) is 3.04. The van der Waals surface area contributed by atoms with Crippen LogP contribution in [-0.4, -0.2) is 49.0 Å². The van der Waals surface area contributed by atoms with Crippen molar-refractivity contribution in [3.63, 3.8) is 0 Å². The number of nitrogens with one attached hydrogen (secondary N) is 1. The summed E-state index contributed by atoms with van der Waals surface area (Å²) >= 11 is 0. The zero-order valence-electron chi connectivity index (χ0n) is 18.5. The van der Waals surface area contributed by atoms with Gasteiger partial charge in [0.05, 0.1) is 4.90 Å². The maximum Gasteiger partial charge on any atom is 0.242 e. The smallest absolute Gasteiger partial charge is 0.242 e. The van der Waals surface area contributed by atoms with Crippen LogP contribution in [0.1, 0.15) is 63.5 Å². The van der Waals surface area contributed by atoms with Crippen LogP contribution < -0.4 is 5.32 Å². The van der Waals surface area contributed by atoms with Crippen LogP contribution in [0.15, 0.2) is 23.1 Å². The molecule has 1 heterocycles. The fourth-order valence-corrected chi connectivity index (χ4v) is 7.08. The third-order valence-corrected chi connectivity index (χ3v) is 9.25. The number of benzene rings is 1. The van der Waals surface area contributed by atoms with E-state index in [4.69, 9.17) is 0 Å². The van der Waals surface area contributed by atoms with Crippen molar-refractivity contribution in [1.82, 2.24) is 10.2 Å². The number of aryl methyl sites for hydroxylation is 2. The second-order valence-corrected chi connectivity index (χ2v) is 11.4. The fourth-order valence-electron chi connectivity index (χ4n) is 4.70. The number of carbonyl (C=O) groups excluding carboxylic acids is 2. The number of nitrogens with zero attached hydrogens (tertiary/aromatic N) is 1. The molecule has 7 heteroatoms. The molecule has 30 heavy (non-hydrogen) atoms. The molecule has 3 rings (SSSR count). The van der Waals surface area contributed by atoms with Crippen molar-refractivity contribution in [2.24, 2.45) is 5.92 Å².